The van der Waals surface area contributed by atoms with E-state index in [-0.39, 0.29) is 17.7 Å². The van der Waals surface area contributed by atoms with Crippen molar-refractivity contribution in [3.8, 4) is 0 Å². The fourth-order valence-corrected chi connectivity index (χ4v) is 3.17. The molecule has 6 nitrogen and oxygen atoms in total. The van der Waals surface area contributed by atoms with Crippen LogP contribution in [0.5, 0.6) is 0 Å². The average Bonchev–Trinajstić information content (AvgIpc) is 3.28. The minimum atomic E-state index is -1.26. The zero-order valence-electron chi connectivity index (χ0n) is 13.7. The Morgan fingerprint density at radius 1 is 1.19 bits per heavy atom. The van der Waals surface area contributed by atoms with Gasteiger partial charge >= 0.3 is 0 Å². The van der Waals surface area contributed by atoms with Gasteiger partial charge < -0.3 is 10.1 Å². The minimum absolute atomic E-state index is 0.169. The fourth-order valence-electron chi connectivity index (χ4n) is 2.81. The van der Waals surface area contributed by atoms with E-state index in [1.807, 2.05) is 0 Å². The Morgan fingerprint density at radius 2 is 2.00 bits per heavy atom. The maximum Gasteiger partial charge on any atom is 0.191 e. The third kappa shape index (κ3) is 2.99. The number of halogens is 3. The molecule has 1 fully saturated rings. The summed E-state index contributed by atoms with van der Waals surface area (Å²) in [5, 5.41) is 3.13. The maximum atomic E-state index is 14.0. The average molecular weight is 381 g/mol. The normalized spacial score (nSPS) is 17.2. The van der Waals surface area contributed by atoms with E-state index in [1.54, 1.807) is 17.2 Å². The summed E-state index contributed by atoms with van der Waals surface area (Å²) >= 11 is 1.30. The minimum Gasteiger partial charge on any atom is -0.358 e. The Kier molecular flexibility index (Phi) is 4.45. The largest absolute Gasteiger partial charge is 0.358 e. The fraction of sp³-hybridized carbons (Fsp3) is 0.312. The van der Waals surface area contributed by atoms with Gasteiger partial charge in [0, 0.05) is 18.7 Å². The molecule has 3 aromatic rings. The van der Waals surface area contributed by atoms with E-state index in [2.05, 4.69) is 20.3 Å². The standard InChI is InChI=1S/C16H14F3N5OS/c1-26-16-22-14(21-11-6-9(18)8(17)5-10(11)19)13-15(23-16)24(7-20-13)12-3-2-4-25-12/h5-7,12H,2-4H2,1H3,(H,21,22,23). The lowest BCUT2D eigenvalue weighted by Gasteiger charge is -2.13. The first kappa shape index (κ1) is 17.1. The van der Waals surface area contributed by atoms with Gasteiger partial charge in [-0.05, 0) is 19.1 Å². The number of ether oxygens (including phenoxy) is 1. The van der Waals surface area contributed by atoms with Gasteiger partial charge in [0.15, 0.2) is 33.8 Å². The van der Waals surface area contributed by atoms with E-state index in [1.165, 1.54) is 11.8 Å². The van der Waals surface area contributed by atoms with Crippen molar-refractivity contribution in [2.24, 2.45) is 0 Å². The van der Waals surface area contributed by atoms with Gasteiger partial charge in [0.1, 0.15) is 12.0 Å². The van der Waals surface area contributed by atoms with Gasteiger partial charge in [-0.25, -0.2) is 28.1 Å². The first-order valence-electron chi connectivity index (χ1n) is 7.88. The van der Waals surface area contributed by atoms with E-state index in [0.29, 0.717) is 29.0 Å². The molecular weight excluding hydrogens is 367 g/mol. The third-order valence-corrected chi connectivity index (χ3v) is 4.61. The monoisotopic (exact) mass is 381 g/mol. The zero-order valence-corrected chi connectivity index (χ0v) is 14.5. The van der Waals surface area contributed by atoms with Gasteiger partial charge in [-0.15, -0.1) is 0 Å². The maximum absolute atomic E-state index is 14.0. The number of benzene rings is 1. The van der Waals surface area contributed by atoms with Crippen LogP contribution in [0.15, 0.2) is 23.6 Å². The van der Waals surface area contributed by atoms with Gasteiger partial charge in [0.25, 0.3) is 0 Å². The highest BCUT2D eigenvalue weighted by Gasteiger charge is 2.23. The SMILES string of the molecule is CSc1nc(Nc2cc(F)c(F)cc2F)c2ncn(C3CCCO3)c2n1. The van der Waals surface area contributed by atoms with Crippen LogP contribution >= 0.6 is 11.8 Å². The molecule has 26 heavy (non-hydrogen) atoms. The van der Waals surface area contributed by atoms with Crippen molar-refractivity contribution in [2.75, 3.05) is 18.2 Å². The summed E-state index contributed by atoms with van der Waals surface area (Å²) in [4.78, 5) is 13.0. The lowest BCUT2D eigenvalue weighted by molar-refractivity contribution is 0.0592. The van der Waals surface area contributed by atoms with Crippen LogP contribution < -0.4 is 5.32 Å². The van der Waals surface area contributed by atoms with Crippen molar-refractivity contribution in [2.45, 2.75) is 24.2 Å². The lowest BCUT2D eigenvalue weighted by Crippen LogP contribution is -2.08. The summed E-state index contributed by atoms with van der Waals surface area (Å²) in [5.74, 6) is -3.14. The van der Waals surface area contributed by atoms with Crippen LogP contribution in [0.25, 0.3) is 11.2 Å². The number of hydrogen-bond donors (Lipinski definition) is 1. The van der Waals surface area contributed by atoms with Crippen LogP contribution in [-0.4, -0.2) is 32.4 Å². The number of fused-ring (bicyclic) bond motifs is 1. The molecular formula is C16H14F3N5OS. The molecule has 3 heterocycles. The summed E-state index contributed by atoms with van der Waals surface area (Å²) in [6.07, 6.45) is 5.00. The summed E-state index contributed by atoms with van der Waals surface area (Å²) in [5.41, 5.74) is 0.687. The van der Waals surface area contributed by atoms with Crippen LogP contribution in [0.4, 0.5) is 24.7 Å². The first-order chi connectivity index (χ1) is 12.6. The molecule has 0 bridgehead atoms. The number of nitrogens with one attached hydrogen (secondary N) is 1. The number of imidazole rings is 1. The number of aromatic nitrogens is 4. The molecule has 10 heteroatoms. The molecule has 136 valence electrons. The van der Waals surface area contributed by atoms with Crippen LogP contribution in [0, 0.1) is 17.5 Å². The number of rotatable bonds is 4. The Bertz CT molecular complexity index is 974. The molecule has 1 unspecified atom stereocenters. The quantitative estimate of drug-likeness (QED) is 0.418. The van der Waals surface area contributed by atoms with Crippen molar-refractivity contribution < 1.29 is 17.9 Å². The Morgan fingerprint density at radius 3 is 2.73 bits per heavy atom. The van der Waals surface area contributed by atoms with Gasteiger partial charge in [0.05, 0.1) is 12.0 Å². The van der Waals surface area contributed by atoms with Gasteiger partial charge in [0.2, 0.25) is 0 Å². The Balaban J connectivity index is 1.80. The van der Waals surface area contributed by atoms with Crippen LogP contribution in [0.3, 0.4) is 0 Å². The zero-order chi connectivity index (χ0) is 18.3. The smallest absolute Gasteiger partial charge is 0.191 e. The van der Waals surface area contributed by atoms with Crippen molar-refractivity contribution in [1.82, 2.24) is 19.5 Å². The molecule has 4 rings (SSSR count). The molecule has 1 saturated heterocycles. The van der Waals surface area contributed by atoms with Crippen LogP contribution in [0.1, 0.15) is 19.1 Å². The first-order valence-corrected chi connectivity index (χ1v) is 9.11. The second-order valence-electron chi connectivity index (χ2n) is 5.72. The van der Waals surface area contributed by atoms with Crippen LogP contribution in [-0.2, 0) is 4.74 Å². The van der Waals surface area contributed by atoms with Gasteiger partial charge in [-0.3, -0.25) is 4.57 Å². The van der Waals surface area contributed by atoms with Crippen molar-refractivity contribution in [1.29, 1.82) is 0 Å². The van der Waals surface area contributed by atoms with E-state index in [4.69, 9.17) is 4.74 Å². The number of thioether (sulfide) groups is 1. The number of anilines is 2. The Hall–Kier alpha value is -2.33. The van der Waals surface area contributed by atoms with Crippen molar-refractivity contribution in [3.05, 3.63) is 35.9 Å². The lowest BCUT2D eigenvalue weighted by atomic mass is 10.2. The molecule has 0 radical (unpaired) electrons. The molecule has 1 atom stereocenters. The highest BCUT2D eigenvalue weighted by molar-refractivity contribution is 7.98. The number of nitrogens with zero attached hydrogens (tertiary/aromatic N) is 4. The molecule has 1 aliphatic rings. The summed E-state index contributed by atoms with van der Waals surface area (Å²) in [6.45, 7) is 0.663. The van der Waals surface area contributed by atoms with Crippen molar-refractivity contribution >= 4 is 34.4 Å². The molecule has 0 aliphatic carbocycles. The summed E-state index contributed by atoms with van der Waals surface area (Å²) in [7, 11) is 0. The molecule has 1 aromatic carbocycles. The third-order valence-electron chi connectivity index (χ3n) is 4.06. The highest BCUT2D eigenvalue weighted by atomic mass is 32.2. The predicted octanol–water partition coefficient (Wildman–Crippen LogP) is 4.02. The molecule has 1 N–H and O–H groups in total. The van der Waals surface area contributed by atoms with Gasteiger partial charge in [-0.2, -0.15) is 0 Å². The van der Waals surface area contributed by atoms with E-state index >= 15 is 0 Å². The van der Waals surface area contributed by atoms with E-state index in [0.717, 1.165) is 18.9 Å². The van der Waals surface area contributed by atoms with E-state index in [9.17, 15) is 13.2 Å². The molecule has 0 amide bonds. The van der Waals surface area contributed by atoms with Gasteiger partial charge in [-0.1, -0.05) is 11.8 Å². The summed E-state index contributed by atoms with van der Waals surface area (Å²) < 4.78 is 48.1. The van der Waals surface area contributed by atoms with E-state index < -0.39 is 17.5 Å². The predicted molar refractivity (Wildman–Crippen MR) is 90.9 cm³/mol. The second-order valence-corrected chi connectivity index (χ2v) is 6.50. The Labute approximate surface area is 150 Å². The molecule has 0 spiro atoms. The molecule has 0 saturated carbocycles. The van der Waals surface area contributed by atoms with Crippen LogP contribution in [0.2, 0.25) is 0 Å². The number of hydrogen-bond acceptors (Lipinski definition) is 6. The second kappa shape index (κ2) is 6.76. The molecule has 2 aromatic heterocycles. The van der Waals surface area contributed by atoms with Crippen molar-refractivity contribution in [3.63, 3.8) is 0 Å². The molecule has 1 aliphatic heterocycles. The topological polar surface area (TPSA) is 64.9 Å². The summed E-state index contributed by atoms with van der Waals surface area (Å²) in [6, 6.07) is 1.23. The highest BCUT2D eigenvalue weighted by Crippen LogP contribution is 2.31.